The second kappa shape index (κ2) is 8.04. The molecule has 5 nitrogen and oxygen atoms in total. The van der Waals surface area contributed by atoms with Crippen LogP contribution in [0.15, 0.2) is 42.5 Å². The van der Waals surface area contributed by atoms with Gasteiger partial charge in [0.15, 0.2) is 0 Å². The van der Waals surface area contributed by atoms with Crippen LogP contribution in [-0.4, -0.2) is 36.8 Å². The first-order valence-corrected chi connectivity index (χ1v) is 9.42. The molecule has 1 aliphatic heterocycles. The third-order valence-electron chi connectivity index (χ3n) is 4.74. The minimum atomic E-state index is -0.519. The van der Waals surface area contributed by atoms with Gasteiger partial charge in [0, 0.05) is 19.5 Å². The summed E-state index contributed by atoms with van der Waals surface area (Å²) in [6.07, 6.45) is -0.331. The molecule has 1 aliphatic rings. The van der Waals surface area contributed by atoms with Crippen LogP contribution in [0.1, 0.15) is 43.4 Å². The Kier molecular flexibility index (Phi) is 5.71. The summed E-state index contributed by atoms with van der Waals surface area (Å²) in [5.74, 6) is 0.0830. The molecule has 0 bridgehead atoms. The Morgan fingerprint density at radius 2 is 1.96 bits per heavy atom. The smallest absolute Gasteiger partial charge is 0.410 e. The van der Waals surface area contributed by atoms with Gasteiger partial charge in [-0.2, -0.15) is 5.26 Å². The number of carbonyl (C=O) groups is 1. The molecule has 2 aromatic carbocycles. The first-order valence-electron chi connectivity index (χ1n) is 9.42. The van der Waals surface area contributed by atoms with Crippen LogP contribution in [0.5, 0.6) is 0 Å². The second-order valence-corrected chi connectivity index (χ2v) is 8.14. The monoisotopic (exact) mass is 378 g/mol. The van der Waals surface area contributed by atoms with Crippen molar-refractivity contribution in [2.45, 2.75) is 38.9 Å². The van der Waals surface area contributed by atoms with Gasteiger partial charge < -0.3 is 14.4 Å². The topological polar surface area (TPSA) is 62.6 Å². The Balaban J connectivity index is 1.84. The highest BCUT2D eigenvalue weighted by molar-refractivity contribution is 5.70. The maximum atomic E-state index is 12.3. The van der Waals surface area contributed by atoms with Crippen molar-refractivity contribution in [3.05, 3.63) is 59.2 Å². The van der Waals surface area contributed by atoms with Gasteiger partial charge in [0.05, 0.1) is 24.8 Å². The minimum absolute atomic E-state index is 0.0830. The Morgan fingerprint density at radius 1 is 1.25 bits per heavy atom. The van der Waals surface area contributed by atoms with Gasteiger partial charge in [0.1, 0.15) is 5.60 Å². The van der Waals surface area contributed by atoms with E-state index in [0.29, 0.717) is 25.3 Å². The molecule has 0 unspecified atom stereocenters. The van der Waals surface area contributed by atoms with Crippen molar-refractivity contribution in [1.29, 1.82) is 5.26 Å². The molecule has 5 heteroatoms. The molecular weight excluding hydrogens is 352 g/mol. The summed E-state index contributed by atoms with van der Waals surface area (Å²) < 4.78 is 11.3. The molecule has 28 heavy (non-hydrogen) atoms. The Hall–Kier alpha value is -2.84. The fraction of sp³-hybridized carbons (Fsp3) is 0.391. The average molecular weight is 378 g/mol. The molecule has 3 rings (SSSR count). The van der Waals surface area contributed by atoms with Crippen molar-refractivity contribution in [3.63, 3.8) is 0 Å². The molecule has 1 heterocycles. The fourth-order valence-electron chi connectivity index (χ4n) is 3.43. The average Bonchev–Trinajstić information content (AvgIpc) is 2.66. The van der Waals surface area contributed by atoms with Crippen LogP contribution in [0.2, 0.25) is 0 Å². The van der Waals surface area contributed by atoms with Gasteiger partial charge in [0.25, 0.3) is 0 Å². The molecule has 146 valence electrons. The highest BCUT2D eigenvalue weighted by atomic mass is 16.6. The third kappa shape index (κ3) is 4.52. The molecule has 0 saturated heterocycles. The van der Waals surface area contributed by atoms with Crippen molar-refractivity contribution >= 4 is 6.09 Å². The number of fused-ring (bicyclic) bond motifs is 1. The van der Waals surface area contributed by atoms with Crippen LogP contribution in [0.25, 0.3) is 11.1 Å². The minimum Gasteiger partial charge on any atom is -0.444 e. The summed E-state index contributed by atoms with van der Waals surface area (Å²) in [4.78, 5) is 13.9. The van der Waals surface area contributed by atoms with Gasteiger partial charge in [-0.3, -0.25) is 0 Å². The van der Waals surface area contributed by atoms with Gasteiger partial charge in [-0.05, 0) is 55.2 Å². The normalized spacial score (nSPS) is 16.0. The summed E-state index contributed by atoms with van der Waals surface area (Å²) >= 11 is 0. The highest BCUT2D eigenvalue weighted by Gasteiger charge is 2.27. The first-order chi connectivity index (χ1) is 13.3. The van der Waals surface area contributed by atoms with Crippen LogP contribution in [0.4, 0.5) is 4.79 Å². The summed E-state index contributed by atoms with van der Waals surface area (Å²) in [7, 11) is 1.76. The lowest BCUT2D eigenvalue weighted by Gasteiger charge is -2.31. The van der Waals surface area contributed by atoms with E-state index in [9.17, 15) is 4.79 Å². The summed E-state index contributed by atoms with van der Waals surface area (Å²) in [5, 5.41) is 9.01. The maximum Gasteiger partial charge on any atom is 0.410 e. The molecule has 0 saturated carbocycles. The SMILES string of the molecule is CN(C[C@@H]1COCc2c(-c3ccc(C#N)cc3)cccc21)C(=O)OC(C)(C)C. The summed E-state index contributed by atoms with van der Waals surface area (Å²) in [6.45, 7) is 7.22. The second-order valence-electron chi connectivity index (χ2n) is 8.14. The number of ether oxygens (including phenoxy) is 2. The molecule has 1 amide bonds. The van der Waals surface area contributed by atoms with Crippen LogP contribution in [0.3, 0.4) is 0 Å². The highest BCUT2D eigenvalue weighted by Crippen LogP contribution is 2.35. The molecule has 0 aromatic heterocycles. The Morgan fingerprint density at radius 3 is 2.61 bits per heavy atom. The number of hydrogen-bond donors (Lipinski definition) is 0. The lowest BCUT2D eigenvalue weighted by atomic mass is 9.87. The molecular formula is C23H26N2O3. The zero-order valence-corrected chi connectivity index (χ0v) is 16.9. The number of nitrogens with zero attached hydrogens (tertiary/aromatic N) is 2. The predicted octanol–water partition coefficient (Wildman–Crippen LogP) is 4.71. The van der Waals surface area contributed by atoms with Gasteiger partial charge in [-0.15, -0.1) is 0 Å². The van der Waals surface area contributed by atoms with E-state index in [1.54, 1.807) is 11.9 Å². The zero-order chi connectivity index (χ0) is 20.3. The van der Waals surface area contributed by atoms with Gasteiger partial charge >= 0.3 is 6.09 Å². The summed E-state index contributed by atoms with van der Waals surface area (Å²) in [5.41, 5.74) is 4.62. The fourth-order valence-corrected chi connectivity index (χ4v) is 3.43. The van der Waals surface area contributed by atoms with E-state index < -0.39 is 5.60 Å². The van der Waals surface area contributed by atoms with E-state index >= 15 is 0 Å². The largest absolute Gasteiger partial charge is 0.444 e. The van der Waals surface area contributed by atoms with Crippen LogP contribution in [0, 0.1) is 11.3 Å². The van der Waals surface area contributed by atoms with E-state index in [2.05, 4.69) is 18.2 Å². The number of likely N-dealkylation sites (N-methyl/N-ethyl adjacent to an activating group) is 1. The first kappa shape index (κ1) is 19.9. The molecule has 0 aliphatic carbocycles. The number of rotatable bonds is 3. The standard InChI is InChI=1S/C23H26N2O3/c1-23(2,3)28-22(26)25(4)13-18-14-27-15-21-19(6-5-7-20(18)21)17-10-8-16(12-24)9-11-17/h5-11,18H,13-15H2,1-4H3/t18-/m1/s1. The lowest BCUT2D eigenvalue weighted by Crippen LogP contribution is -2.38. The molecule has 2 aromatic rings. The Bertz CT molecular complexity index is 892. The van der Waals surface area contributed by atoms with Crippen LogP contribution in [-0.2, 0) is 16.1 Å². The van der Waals surface area contributed by atoms with Gasteiger partial charge in [-0.25, -0.2) is 4.79 Å². The van der Waals surface area contributed by atoms with Crippen molar-refractivity contribution in [2.75, 3.05) is 20.2 Å². The van der Waals surface area contributed by atoms with Crippen molar-refractivity contribution in [1.82, 2.24) is 4.90 Å². The van der Waals surface area contributed by atoms with E-state index in [-0.39, 0.29) is 12.0 Å². The van der Waals surface area contributed by atoms with Crippen molar-refractivity contribution < 1.29 is 14.3 Å². The van der Waals surface area contributed by atoms with Crippen LogP contribution >= 0.6 is 0 Å². The number of benzene rings is 2. The number of carbonyl (C=O) groups excluding carboxylic acids is 1. The van der Waals surface area contributed by atoms with E-state index in [1.807, 2.05) is 51.1 Å². The van der Waals surface area contributed by atoms with Gasteiger partial charge in [0.2, 0.25) is 0 Å². The van der Waals surface area contributed by atoms with Crippen molar-refractivity contribution in [3.8, 4) is 17.2 Å². The molecule has 0 fully saturated rings. The number of amides is 1. The van der Waals surface area contributed by atoms with E-state index in [1.165, 1.54) is 5.56 Å². The van der Waals surface area contributed by atoms with E-state index in [0.717, 1.165) is 16.7 Å². The molecule has 0 radical (unpaired) electrons. The lowest BCUT2D eigenvalue weighted by molar-refractivity contribution is 0.0240. The maximum absolute atomic E-state index is 12.3. The molecule has 1 atom stereocenters. The third-order valence-corrected chi connectivity index (χ3v) is 4.74. The zero-order valence-electron chi connectivity index (χ0n) is 16.9. The number of nitriles is 1. The van der Waals surface area contributed by atoms with E-state index in [4.69, 9.17) is 14.7 Å². The molecule has 0 N–H and O–H groups in total. The quantitative estimate of drug-likeness (QED) is 0.776. The molecule has 0 spiro atoms. The Labute approximate surface area is 166 Å². The summed E-state index contributed by atoms with van der Waals surface area (Å²) in [6, 6.07) is 15.9. The number of hydrogen-bond acceptors (Lipinski definition) is 4. The van der Waals surface area contributed by atoms with Gasteiger partial charge in [-0.1, -0.05) is 30.3 Å². The van der Waals surface area contributed by atoms with Crippen molar-refractivity contribution in [2.24, 2.45) is 0 Å². The van der Waals surface area contributed by atoms with Crippen LogP contribution < -0.4 is 0 Å². The predicted molar refractivity (Wildman–Crippen MR) is 108 cm³/mol.